The second-order valence-corrected chi connectivity index (χ2v) is 7.08. The summed E-state index contributed by atoms with van der Waals surface area (Å²) in [5.74, 6) is 0.750. The third-order valence-electron chi connectivity index (χ3n) is 3.43. The van der Waals surface area contributed by atoms with Crippen molar-refractivity contribution in [2.45, 2.75) is 19.1 Å². The average Bonchev–Trinajstić information content (AvgIpc) is 3.01. The molecule has 0 atom stereocenters. The fourth-order valence-electron chi connectivity index (χ4n) is 2.47. The van der Waals surface area contributed by atoms with Crippen LogP contribution in [0.15, 0.2) is 58.3 Å². The van der Waals surface area contributed by atoms with Crippen molar-refractivity contribution in [2.75, 3.05) is 11.1 Å². The summed E-state index contributed by atoms with van der Waals surface area (Å²) in [6, 6.07) is 13.3. The fraction of sp³-hybridized carbons (Fsp3) is 0.158. The second kappa shape index (κ2) is 7.76. The normalized spacial score (nSPS) is 10.7. The zero-order valence-corrected chi connectivity index (χ0v) is 15.4. The Morgan fingerprint density at radius 2 is 1.96 bits per heavy atom. The van der Waals surface area contributed by atoms with Crippen molar-refractivity contribution >= 4 is 35.0 Å². The highest BCUT2D eigenvalue weighted by molar-refractivity contribution is 7.99. The highest BCUT2D eigenvalue weighted by Gasteiger charge is 2.10. The number of aryl methyl sites for hydroxylation is 2. The number of aromatic nitrogens is 1. The lowest BCUT2D eigenvalue weighted by atomic mass is 10.1. The van der Waals surface area contributed by atoms with Crippen molar-refractivity contribution in [1.29, 1.82) is 0 Å². The first-order valence-electron chi connectivity index (χ1n) is 7.72. The van der Waals surface area contributed by atoms with Crippen molar-refractivity contribution in [3.8, 4) is 11.3 Å². The van der Waals surface area contributed by atoms with Crippen molar-refractivity contribution in [3.63, 3.8) is 0 Å². The van der Waals surface area contributed by atoms with Gasteiger partial charge in [-0.25, -0.2) is 4.98 Å². The molecule has 0 saturated carbocycles. The van der Waals surface area contributed by atoms with Gasteiger partial charge in [0.15, 0.2) is 5.76 Å². The number of rotatable bonds is 5. The van der Waals surface area contributed by atoms with Gasteiger partial charge in [0.2, 0.25) is 5.91 Å². The van der Waals surface area contributed by atoms with Crippen LogP contribution < -0.4 is 5.32 Å². The number of halogens is 1. The van der Waals surface area contributed by atoms with E-state index in [2.05, 4.69) is 16.4 Å². The Hall–Kier alpha value is -2.24. The number of anilines is 1. The molecule has 0 radical (unpaired) electrons. The molecule has 2 aromatic carbocycles. The van der Waals surface area contributed by atoms with E-state index >= 15 is 0 Å². The molecule has 1 aromatic heterocycles. The molecule has 0 spiro atoms. The summed E-state index contributed by atoms with van der Waals surface area (Å²) in [4.78, 5) is 16.3. The highest BCUT2D eigenvalue weighted by atomic mass is 35.5. The predicted molar refractivity (Wildman–Crippen MR) is 102 cm³/mol. The predicted octanol–water partition coefficient (Wildman–Crippen LogP) is 5.34. The number of amides is 1. The van der Waals surface area contributed by atoms with Gasteiger partial charge in [0, 0.05) is 16.3 Å². The summed E-state index contributed by atoms with van der Waals surface area (Å²) < 4.78 is 5.68. The maximum atomic E-state index is 12.1. The molecular weight excluding hydrogens is 356 g/mol. The van der Waals surface area contributed by atoms with Crippen LogP contribution >= 0.6 is 23.4 Å². The van der Waals surface area contributed by atoms with Crippen LogP contribution in [0.3, 0.4) is 0 Å². The molecule has 1 N–H and O–H groups in total. The number of benzene rings is 2. The molecule has 0 aliphatic rings. The molecule has 1 amide bonds. The van der Waals surface area contributed by atoms with Crippen LogP contribution in [0.25, 0.3) is 11.3 Å². The van der Waals surface area contributed by atoms with E-state index in [1.165, 1.54) is 11.8 Å². The van der Waals surface area contributed by atoms with Crippen molar-refractivity contribution in [1.82, 2.24) is 4.98 Å². The molecule has 0 bridgehead atoms. The largest absolute Gasteiger partial charge is 0.431 e. The lowest BCUT2D eigenvalue weighted by Crippen LogP contribution is -2.14. The molecule has 3 aromatic rings. The SMILES string of the molecule is Cc1cc(C)cc(NC(=O)CSc2ncc(-c3cccc(Cl)c3)o2)c1. The zero-order chi connectivity index (χ0) is 17.8. The third kappa shape index (κ3) is 4.87. The van der Waals surface area contributed by atoms with Crippen LogP contribution in [-0.2, 0) is 4.79 Å². The van der Waals surface area contributed by atoms with E-state index in [0.717, 1.165) is 22.4 Å². The molecule has 0 fully saturated rings. The first-order valence-corrected chi connectivity index (χ1v) is 9.09. The van der Waals surface area contributed by atoms with Gasteiger partial charge in [-0.05, 0) is 49.2 Å². The summed E-state index contributed by atoms with van der Waals surface area (Å²) in [5, 5.41) is 3.98. The van der Waals surface area contributed by atoms with Gasteiger partial charge in [-0.3, -0.25) is 4.79 Å². The smallest absolute Gasteiger partial charge is 0.256 e. The number of nitrogens with one attached hydrogen (secondary N) is 1. The first-order chi connectivity index (χ1) is 12.0. The minimum atomic E-state index is -0.0995. The van der Waals surface area contributed by atoms with Gasteiger partial charge in [-0.15, -0.1) is 0 Å². The Bertz CT molecular complexity index is 888. The Balaban J connectivity index is 1.59. The van der Waals surface area contributed by atoms with Crippen molar-refractivity contribution < 1.29 is 9.21 Å². The molecule has 0 unspecified atom stereocenters. The van der Waals surface area contributed by atoms with Gasteiger partial charge < -0.3 is 9.73 Å². The summed E-state index contributed by atoms with van der Waals surface area (Å²) in [6.45, 7) is 4.00. The van der Waals surface area contributed by atoms with E-state index in [9.17, 15) is 4.79 Å². The van der Waals surface area contributed by atoms with Crippen LogP contribution in [0.4, 0.5) is 5.69 Å². The summed E-state index contributed by atoms with van der Waals surface area (Å²) >= 11 is 7.24. The summed E-state index contributed by atoms with van der Waals surface area (Å²) in [6.07, 6.45) is 1.63. The maximum Gasteiger partial charge on any atom is 0.256 e. The number of nitrogens with zero attached hydrogens (tertiary/aromatic N) is 1. The van der Waals surface area contributed by atoms with Crippen LogP contribution in [0.5, 0.6) is 0 Å². The van der Waals surface area contributed by atoms with Crippen molar-refractivity contribution in [3.05, 3.63) is 64.8 Å². The number of hydrogen-bond acceptors (Lipinski definition) is 4. The molecule has 128 valence electrons. The quantitative estimate of drug-likeness (QED) is 0.614. The van der Waals surface area contributed by atoms with Gasteiger partial charge in [0.25, 0.3) is 5.22 Å². The second-order valence-electron chi connectivity index (χ2n) is 5.71. The lowest BCUT2D eigenvalue weighted by Gasteiger charge is -2.06. The number of carbonyl (C=O) groups is 1. The van der Waals surface area contributed by atoms with Gasteiger partial charge in [0.05, 0.1) is 11.9 Å². The Morgan fingerprint density at radius 1 is 1.20 bits per heavy atom. The molecule has 1 heterocycles. The summed E-state index contributed by atoms with van der Waals surface area (Å²) in [5.41, 5.74) is 3.88. The molecule has 3 rings (SSSR count). The van der Waals surface area contributed by atoms with E-state index < -0.39 is 0 Å². The standard InChI is InChI=1S/C19H17ClN2O2S/c1-12-6-13(2)8-16(7-12)22-18(23)11-25-19-21-10-17(24-19)14-4-3-5-15(20)9-14/h3-10H,11H2,1-2H3,(H,22,23). The van der Waals surface area contributed by atoms with Crippen LogP contribution in [0, 0.1) is 13.8 Å². The molecular formula is C19H17ClN2O2S. The van der Waals surface area contributed by atoms with E-state index in [4.69, 9.17) is 16.0 Å². The van der Waals surface area contributed by atoms with Gasteiger partial charge in [-0.2, -0.15) is 0 Å². The first kappa shape index (κ1) is 17.6. The maximum absolute atomic E-state index is 12.1. The highest BCUT2D eigenvalue weighted by Crippen LogP contribution is 2.27. The van der Waals surface area contributed by atoms with Crippen LogP contribution in [0.1, 0.15) is 11.1 Å². The number of oxazole rings is 1. The lowest BCUT2D eigenvalue weighted by molar-refractivity contribution is -0.113. The Morgan fingerprint density at radius 3 is 2.68 bits per heavy atom. The van der Waals surface area contributed by atoms with E-state index in [-0.39, 0.29) is 11.7 Å². The molecule has 0 aliphatic heterocycles. The topological polar surface area (TPSA) is 55.1 Å². The molecule has 0 aliphatic carbocycles. The minimum absolute atomic E-state index is 0.0995. The van der Waals surface area contributed by atoms with Crippen molar-refractivity contribution in [2.24, 2.45) is 0 Å². The number of thioether (sulfide) groups is 1. The van der Waals surface area contributed by atoms with Gasteiger partial charge in [0.1, 0.15) is 0 Å². The summed E-state index contributed by atoms with van der Waals surface area (Å²) in [7, 11) is 0. The fourth-order valence-corrected chi connectivity index (χ4v) is 3.26. The molecule has 6 heteroatoms. The monoisotopic (exact) mass is 372 g/mol. The molecule has 4 nitrogen and oxygen atoms in total. The Labute approximate surface area is 155 Å². The van der Waals surface area contributed by atoms with E-state index in [1.807, 2.05) is 44.2 Å². The third-order valence-corrected chi connectivity index (χ3v) is 4.50. The number of hydrogen-bond donors (Lipinski definition) is 1. The average molecular weight is 373 g/mol. The van der Waals surface area contributed by atoms with E-state index in [1.54, 1.807) is 12.3 Å². The minimum Gasteiger partial charge on any atom is -0.431 e. The van der Waals surface area contributed by atoms with Gasteiger partial charge in [-0.1, -0.05) is 41.6 Å². The zero-order valence-electron chi connectivity index (χ0n) is 13.9. The number of carbonyl (C=O) groups excluding carboxylic acids is 1. The molecule has 25 heavy (non-hydrogen) atoms. The van der Waals surface area contributed by atoms with Crippen LogP contribution in [-0.4, -0.2) is 16.6 Å². The van der Waals surface area contributed by atoms with E-state index in [0.29, 0.717) is 16.0 Å². The Kier molecular flexibility index (Phi) is 5.46. The molecule has 0 saturated heterocycles. The van der Waals surface area contributed by atoms with Crippen LogP contribution in [0.2, 0.25) is 5.02 Å². The van der Waals surface area contributed by atoms with Gasteiger partial charge >= 0.3 is 0 Å².